The van der Waals surface area contributed by atoms with Crippen molar-refractivity contribution in [3.05, 3.63) is 63.2 Å². The highest BCUT2D eigenvalue weighted by atomic mass is 127. The third kappa shape index (κ3) is 4.95. The van der Waals surface area contributed by atoms with Crippen molar-refractivity contribution >= 4 is 34.4 Å². The van der Waals surface area contributed by atoms with Crippen LogP contribution in [0.25, 0.3) is 0 Å². The molecule has 24 heavy (non-hydrogen) atoms. The van der Waals surface area contributed by atoms with Crippen LogP contribution < -0.4 is 15.6 Å². The van der Waals surface area contributed by atoms with E-state index in [2.05, 4.69) is 33.4 Å². The van der Waals surface area contributed by atoms with Crippen molar-refractivity contribution in [2.75, 3.05) is 0 Å². The molecule has 0 aromatic heterocycles. The van der Waals surface area contributed by atoms with Gasteiger partial charge in [0.1, 0.15) is 5.75 Å². The van der Waals surface area contributed by atoms with E-state index in [0.717, 1.165) is 9.13 Å². The number of benzene rings is 2. The van der Waals surface area contributed by atoms with Crippen LogP contribution >= 0.6 is 22.6 Å². The van der Waals surface area contributed by atoms with Crippen LogP contribution in [0.1, 0.15) is 29.3 Å². The van der Waals surface area contributed by atoms with E-state index in [0.29, 0.717) is 17.7 Å². The molecule has 2 N–H and O–H groups in total. The van der Waals surface area contributed by atoms with E-state index in [4.69, 9.17) is 4.74 Å². The monoisotopic (exact) mass is 438 g/mol. The summed E-state index contributed by atoms with van der Waals surface area (Å²) < 4.78 is 6.49. The lowest BCUT2D eigenvalue weighted by atomic mass is 10.2. The second-order valence-electron chi connectivity index (χ2n) is 5.25. The number of hydrogen-bond acceptors (Lipinski definition) is 3. The van der Waals surface area contributed by atoms with Gasteiger partial charge in [0, 0.05) is 3.57 Å². The lowest BCUT2D eigenvalue weighted by Gasteiger charge is -2.17. The van der Waals surface area contributed by atoms with Crippen LogP contribution in [0.4, 0.5) is 0 Å². The van der Waals surface area contributed by atoms with Crippen LogP contribution in [0, 0.1) is 10.5 Å². The molecule has 0 heterocycles. The minimum atomic E-state index is -0.678. The summed E-state index contributed by atoms with van der Waals surface area (Å²) >= 11 is 2.07. The molecule has 1 atom stereocenters. The molecule has 0 bridgehead atoms. The van der Waals surface area contributed by atoms with E-state index in [-0.39, 0.29) is 5.91 Å². The Hall–Kier alpha value is -2.09. The molecule has 2 amide bonds. The first-order valence-electron chi connectivity index (χ1n) is 7.59. The number of rotatable bonds is 5. The summed E-state index contributed by atoms with van der Waals surface area (Å²) in [5.41, 5.74) is 6.47. The highest BCUT2D eigenvalue weighted by Gasteiger charge is 2.19. The zero-order valence-corrected chi connectivity index (χ0v) is 15.7. The van der Waals surface area contributed by atoms with E-state index in [1.54, 1.807) is 12.1 Å². The van der Waals surface area contributed by atoms with Gasteiger partial charge in [-0.25, -0.2) is 0 Å². The molecule has 2 rings (SSSR count). The first kappa shape index (κ1) is 18.3. The minimum Gasteiger partial charge on any atom is -0.481 e. The number of carbonyl (C=O) groups is 2. The number of nitrogens with one attached hydrogen (secondary N) is 2. The Balaban J connectivity index is 1.93. The predicted octanol–water partition coefficient (Wildman–Crippen LogP) is 3.22. The van der Waals surface area contributed by atoms with Gasteiger partial charge in [0.2, 0.25) is 0 Å². The molecule has 2 aromatic rings. The fourth-order valence-electron chi connectivity index (χ4n) is 2.01. The van der Waals surface area contributed by atoms with Crippen molar-refractivity contribution in [3.63, 3.8) is 0 Å². The molecule has 0 fully saturated rings. The van der Waals surface area contributed by atoms with Gasteiger partial charge in [0.25, 0.3) is 11.8 Å². The molecule has 0 saturated heterocycles. The van der Waals surface area contributed by atoms with E-state index in [1.165, 1.54) is 0 Å². The molecule has 0 unspecified atom stereocenters. The molecule has 126 valence electrons. The zero-order valence-electron chi connectivity index (χ0n) is 13.5. The molecule has 6 heteroatoms. The fraction of sp³-hybridized carbons (Fsp3) is 0.222. The quantitative estimate of drug-likeness (QED) is 0.557. The maximum absolute atomic E-state index is 12.2. The number of halogens is 1. The Bertz CT molecular complexity index is 716. The first-order chi connectivity index (χ1) is 11.5. The smallest absolute Gasteiger partial charge is 0.279 e. The van der Waals surface area contributed by atoms with Crippen molar-refractivity contribution in [1.29, 1.82) is 0 Å². The number of hydrogen-bond donors (Lipinski definition) is 2. The lowest BCUT2D eigenvalue weighted by Crippen LogP contribution is -2.48. The van der Waals surface area contributed by atoms with E-state index < -0.39 is 12.0 Å². The number of ether oxygens (including phenoxy) is 1. The maximum Gasteiger partial charge on any atom is 0.279 e. The minimum absolute atomic E-state index is 0.362. The average Bonchev–Trinajstić information content (AvgIpc) is 2.59. The Kier molecular flexibility index (Phi) is 6.60. The maximum atomic E-state index is 12.2. The van der Waals surface area contributed by atoms with Crippen LogP contribution in [0.5, 0.6) is 5.75 Å². The summed E-state index contributed by atoms with van der Waals surface area (Å²) in [4.78, 5) is 24.3. The average molecular weight is 438 g/mol. The largest absolute Gasteiger partial charge is 0.481 e. The van der Waals surface area contributed by atoms with Crippen molar-refractivity contribution in [2.24, 2.45) is 0 Å². The van der Waals surface area contributed by atoms with Gasteiger partial charge < -0.3 is 4.74 Å². The third-order valence-electron chi connectivity index (χ3n) is 3.38. The number of aryl methyl sites for hydroxylation is 1. The lowest BCUT2D eigenvalue weighted by molar-refractivity contribution is -0.128. The fourth-order valence-corrected chi connectivity index (χ4v) is 2.65. The van der Waals surface area contributed by atoms with E-state index in [9.17, 15) is 9.59 Å². The van der Waals surface area contributed by atoms with Gasteiger partial charge >= 0.3 is 0 Å². The number of amides is 2. The summed E-state index contributed by atoms with van der Waals surface area (Å²) in [5.74, 6) is -0.137. The number of hydrazine groups is 1. The van der Waals surface area contributed by atoms with Crippen LogP contribution in [0.3, 0.4) is 0 Å². The number of carbonyl (C=O) groups excluding carboxylic acids is 2. The second-order valence-corrected chi connectivity index (χ2v) is 6.41. The molecular formula is C18H19IN2O3. The van der Waals surface area contributed by atoms with Gasteiger partial charge in [-0.15, -0.1) is 0 Å². The van der Waals surface area contributed by atoms with Gasteiger partial charge in [0.05, 0.1) is 5.56 Å². The standard InChI is InChI=1S/C18H19IN2O3/c1-3-16(24-13-10-8-12(2)9-11-13)18(23)21-20-17(22)14-6-4-5-7-15(14)19/h4-11,16H,3H2,1-2H3,(H,20,22)(H,21,23)/t16-/m1/s1. The molecule has 5 nitrogen and oxygen atoms in total. The normalized spacial score (nSPS) is 11.5. The molecule has 0 spiro atoms. The van der Waals surface area contributed by atoms with Crippen molar-refractivity contribution in [3.8, 4) is 5.75 Å². The summed E-state index contributed by atoms with van der Waals surface area (Å²) in [5, 5.41) is 0. The summed E-state index contributed by atoms with van der Waals surface area (Å²) in [6, 6.07) is 14.6. The van der Waals surface area contributed by atoms with Crippen LogP contribution in [0.15, 0.2) is 48.5 Å². The van der Waals surface area contributed by atoms with Crippen molar-refractivity contribution in [2.45, 2.75) is 26.4 Å². The predicted molar refractivity (Wildman–Crippen MR) is 101 cm³/mol. The van der Waals surface area contributed by atoms with Crippen molar-refractivity contribution < 1.29 is 14.3 Å². The Morgan fingerprint density at radius 1 is 1.08 bits per heavy atom. The highest BCUT2D eigenvalue weighted by Crippen LogP contribution is 2.15. The third-order valence-corrected chi connectivity index (χ3v) is 4.32. The van der Waals surface area contributed by atoms with Gasteiger partial charge in [-0.1, -0.05) is 36.8 Å². The first-order valence-corrected chi connectivity index (χ1v) is 8.67. The molecular weight excluding hydrogens is 419 g/mol. The molecule has 0 aliphatic rings. The molecule has 0 saturated carbocycles. The Morgan fingerprint density at radius 3 is 2.38 bits per heavy atom. The highest BCUT2D eigenvalue weighted by molar-refractivity contribution is 14.1. The van der Waals surface area contributed by atoms with Crippen molar-refractivity contribution in [1.82, 2.24) is 10.9 Å². The Labute approximate surface area is 154 Å². The van der Waals surface area contributed by atoms with Crippen LogP contribution in [-0.2, 0) is 4.79 Å². The summed E-state index contributed by atoms with van der Waals surface area (Å²) in [6.07, 6.45) is -0.193. The second kappa shape index (κ2) is 8.68. The summed E-state index contributed by atoms with van der Waals surface area (Å²) in [6.45, 7) is 3.83. The molecule has 0 aliphatic carbocycles. The van der Waals surface area contributed by atoms with E-state index >= 15 is 0 Å². The van der Waals surface area contributed by atoms with Gasteiger partial charge in [0.15, 0.2) is 6.10 Å². The van der Waals surface area contributed by atoms with Gasteiger partial charge in [-0.05, 0) is 60.2 Å². The van der Waals surface area contributed by atoms with Gasteiger partial charge in [-0.2, -0.15) is 0 Å². The molecule has 0 aliphatic heterocycles. The molecule has 0 radical (unpaired) electrons. The molecule has 2 aromatic carbocycles. The SMILES string of the molecule is CC[C@@H](Oc1ccc(C)cc1)C(=O)NNC(=O)c1ccccc1I. The Morgan fingerprint density at radius 2 is 1.75 bits per heavy atom. The zero-order chi connectivity index (χ0) is 17.5. The van der Waals surface area contributed by atoms with Crippen LogP contribution in [-0.4, -0.2) is 17.9 Å². The van der Waals surface area contributed by atoms with Crippen LogP contribution in [0.2, 0.25) is 0 Å². The van der Waals surface area contributed by atoms with E-state index in [1.807, 2.05) is 50.2 Å². The topological polar surface area (TPSA) is 67.4 Å². The summed E-state index contributed by atoms with van der Waals surface area (Å²) in [7, 11) is 0. The van der Waals surface area contributed by atoms with Gasteiger partial charge in [-0.3, -0.25) is 20.4 Å².